The minimum atomic E-state index is -0.378. The van der Waals surface area contributed by atoms with E-state index < -0.39 is 0 Å². The molecule has 0 radical (unpaired) electrons. The molecule has 1 aromatic carbocycles. The summed E-state index contributed by atoms with van der Waals surface area (Å²) >= 11 is 0. The Kier molecular flexibility index (Phi) is 4.92. The lowest BCUT2D eigenvalue weighted by molar-refractivity contribution is -0.120. The number of β-amino-alcohol motifs (C(OH)–C–C–N with tert-alkyl or cyclic N) is 1. The summed E-state index contributed by atoms with van der Waals surface area (Å²) in [6.07, 6.45) is 1.60. The number of carbonyl (C=O) groups is 1. The normalized spacial score (nSPS) is 20.9. The van der Waals surface area contributed by atoms with E-state index in [0.29, 0.717) is 25.4 Å². The maximum Gasteiger partial charge on any atom is 0.224 e. The molecule has 1 saturated heterocycles. The summed E-state index contributed by atoms with van der Waals surface area (Å²) in [6.45, 7) is 8.27. The highest BCUT2D eigenvalue weighted by Gasteiger charge is 2.25. The van der Waals surface area contributed by atoms with Gasteiger partial charge in [0.25, 0.3) is 0 Å². The first-order valence-corrected chi connectivity index (χ1v) is 8.61. The lowest BCUT2D eigenvalue weighted by Gasteiger charge is -2.14. The summed E-state index contributed by atoms with van der Waals surface area (Å²) in [5.41, 5.74) is 4.24. The molecule has 3 N–H and O–H groups in total. The van der Waals surface area contributed by atoms with Crippen LogP contribution in [0.3, 0.4) is 0 Å². The second-order valence-corrected chi connectivity index (χ2v) is 7.09. The molecule has 1 aromatic heterocycles. The highest BCUT2D eigenvalue weighted by Crippen LogP contribution is 2.29. The Morgan fingerprint density at radius 1 is 1.42 bits per heavy atom. The fourth-order valence-electron chi connectivity index (χ4n) is 3.41. The fraction of sp³-hybridized carbons (Fsp3) is 0.526. The van der Waals surface area contributed by atoms with Gasteiger partial charge in [0.2, 0.25) is 5.91 Å². The number of carbonyl (C=O) groups excluding carboxylic acids is 1. The Hall–Kier alpha value is -1.85. The Labute approximate surface area is 142 Å². The van der Waals surface area contributed by atoms with Crippen molar-refractivity contribution < 1.29 is 14.3 Å². The molecule has 3 rings (SSSR count). The predicted octanol–water partition coefficient (Wildman–Crippen LogP) is 2.10. The maximum absolute atomic E-state index is 12.2. The van der Waals surface area contributed by atoms with E-state index in [4.69, 9.17) is 4.42 Å². The maximum atomic E-state index is 12.2. The van der Waals surface area contributed by atoms with Crippen molar-refractivity contribution in [2.24, 2.45) is 5.92 Å². The van der Waals surface area contributed by atoms with Crippen LogP contribution >= 0.6 is 0 Å². The van der Waals surface area contributed by atoms with Crippen LogP contribution in [-0.2, 0) is 11.2 Å². The quantitative estimate of drug-likeness (QED) is 0.785. The summed E-state index contributed by atoms with van der Waals surface area (Å²) in [7, 11) is 0. The number of hydrogen-bond donors (Lipinski definition) is 3. The summed E-state index contributed by atoms with van der Waals surface area (Å²) in [4.78, 5) is 12.2. The molecule has 1 amide bonds. The third-order valence-electron chi connectivity index (χ3n) is 4.88. The molecule has 130 valence electrons. The van der Waals surface area contributed by atoms with Crippen molar-refractivity contribution in [3.05, 3.63) is 35.1 Å². The SMILES string of the molecule is Cc1cc2occ(CC(=O)NCC3CNCC3O)c2cc1C(C)C. The van der Waals surface area contributed by atoms with E-state index in [0.717, 1.165) is 23.1 Å². The molecule has 24 heavy (non-hydrogen) atoms. The van der Waals surface area contributed by atoms with E-state index in [-0.39, 0.29) is 17.9 Å². The van der Waals surface area contributed by atoms with Crippen molar-refractivity contribution in [2.75, 3.05) is 19.6 Å². The molecule has 2 heterocycles. The summed E-state index contributed by atoms with van der Waals surface area (Å²) in [6, 6.07) is 4.19. The third kappa shape index (κ3) is 3.47. The van der Waals surface area contributed by atoms with Gasteiger partial charge in [-0.1, -0.05) is 13.8 Å². The van der Waals surface area contributed by atoms with Crippen LogP contribution in [0.4, 0.5) is 0 Å². The molecule has 1 aliphatic rings. The van der Waals surface area contributed by atoms with E-state index in [1.807, 2.05) is 6.07 Å². The van der Waals surface area contributed by atoms with Gasteiger partial charge in [-0.3, -0.25) is 4.79 Å². The van der Waals surface area contributed by atoms with Gasteiger partial charge in [-0.25, -0.2) is 0 Å². The Morgan fingerprint density at radius 3 is 2.88 bits per heavy atom. The first-order chi connectivity index (χ1) is 11.5. The van der Waals surface area contributed by atoms with Gasteiger partial charge < -0.3 is 20.2 Å². The number of aliphatic hydroxyl groups excluding tert-OH is 1. The number of furan rings is 1. The van der Waals surface area contributed by atoms with Crippen molar-refractivity contribution >= 4 is 16.9 Å². The first-order valence-electron chi connectivity index (χ1n) is 8.61. The van der Waals surface area contributed by atoms with Crippen molar-refractivity contribution in [1.82, 2.24) is 10.6 Å². The van der Waals surface area contributed by atoms with Gasteiger partial charge in [0.1, 0.15) is 5.58 Å². The number of rotatable bonds is 5. The monoisotopic (exact) mass is 330 g/mol. The highest BCUT2D eigenvalue weighted by atomic mass is 16.3. The average Bonchev–Trinajstić information content (AvgIpc) is 3.10. The molecule has 1 aliphatic heterocycles. The highest BCUT2D eigenvalue weighted by molar-refractivity contribution is 5.88. The largest absolute Gasteiger partial charge is 0.464 e. The number of nitrogens with one attached hydrogen (secondary N) is 2. The van der Waals surface area contributed by atoms with Crippen LogP contribution in [0.1, 0.15) is 36.5 Å². The average molecular weight is 330 g/mol. The van der Waals surface area contributed by atoms with Gasteiger partial charge >= 0.3 is 0 Å². The van der Waals surface area contributed by atoms with Gasteiger partial charge in [0, 0.05) is 36.5 Å². The molecular weight excluding hydrogens is 304 g/mol. The van der Waals surface area contributed by atoms with Gasteiger partial charge in [-0.15, -0.1) is 0 Å². The van der Waals surface area contributed by atoms with Gasteiger partial charge in [-0.05, 0) is 36.1 Å². The van der Waals surface area contributed by atoms with Crippen molar-refractivity contribution in [3.8, 4) is 0 Å². The standard InChI is InChI=1S/C19H26N2O3/c1-11(2)15-6-16-13(10-24-18(16)4-12(15)3)5-19(23)21-8-14-7-20-9-17(14)22/h4,6,10-11,14,17,20,22H,5,7-9H2,1-3H3,(H,21,23). The molecule has 0 aliphatic carbocycles. The van der Waals surface area contributed by atoms with E-state index in [2.05, 4.69) is 37.5 Å². The Morgan fingerprint density at radius 2 is 2.21 bits per heavy atom. The van der Waals surface area contributed by atoms with E-state index in [1.165, 1.54) is 11.1 Å². The van der Waals surface area contributed by atoms with Crippen LogP contribution in [-0.4, -0.2) is 36.8 Å². The second-order valence-electron chi connectivity index (χ2n) is 7.09. The first kappa shape index (κ1) is 17.0. The van der Waals surface area contributed by atoms with Crippen LogP contribution in [0.15, 0.2) is 22.8 Å². The zero-order chi connectivity index (χ0) is 17.3. The molecular formula is C19H26N2O3. The number of hydrogen-bond acceptors (Lipinski definition) is 4. The number of aliphatic hydroxyl groups is 1. The van der Waals surface area contributed by atoms with Crippen molar-refractivity contribution in [3.63, 3.8) is 0 Å². The lowest BCUT2D eigenvalue weighted by atomic mass is 9.95. The van der Waals surface area contributed by atoms with Crippen LogP contribution < -0.4 is 10.6 Å². The zero-order valence-electron chi connectivity index (χ0n) is 14.6. The summed E-state index contributed by atoms with van der Waals surface area (Å²) in [5, 5.41) is 16.8. The van der Waals surface area contributed by atoms with Crippen molar-refractivity contribution in [1.29, 1.82) is 0 Å². The number of aryl methyl sites for hydroxylation is 1. The van der Waals surface area contributed by atoms with E-state index >= 15 is 0 Å². The molecule has 0 spiro atoms. The van der Waals surface area contributed by atoms with Gasteiger partial charge in [0.15, 0.2) is 0 Å². The summed E-state index contributed by atoms with van der Waals surface area (Å²) in [5.74, 6) is 0.482. The topological polar surface area (TPSA) is 74.5 Å². The Balaban J connectivity index is 1.70. The second kappa shape index (κ2) is 6.95. The fourth-order valence-corrected chi connectivity index (χ4v) is 3.41. The van der Waals surface area contributed by atoms with E-state index in [1.54, 1.807) is 6.26 Å². The minimum Gasteiger partial charge on any atom is -0.464 e. The van der Waals surface area contributed by atoms with Crippen LogP contribution in [0.5, 0.6) is 0 Å². The smallest absolute Gasteiger partial charge is 0.224 e. The Bertz CT molecular complexity index is 736. The summed E-state index contributed by atoms with van der Waals surface area (Å²) < 4.78 is 5.63. The minimum absolute atomic E-state index is 0.0385. The van der Waals surface area contributed by atoms with Crippen LogP contribution in [0, 0.1) is 12.8 Å². The number of amides is 1. The van der Waals surface area contributed by atoms with E-state index in [9.17, 15) is 9.90 Å². The lowest BCUT2D eigenvalue weighted by Crippen LogP contribution is -2.35. The molecule has 0 saturated carbocycles. The number of fused-ring (bicyclic) bond motifs is 1. The molecule has 5 nitrogen and oxygen atoms in total. The molecule has 1 fully saturated rings. The van der Waals surface area contributed by atoms with Gasteiger partial charge in [-0.2, -0.15) is 0 Å². The van der Waals surface area contributed by atoms with Gasteiger partial charge in [0.05, 0.1) is 18.8 Å². The molecule has 2 aromatic rings. The molecule has 5 heteroatoms. The van der Waals surface area contributed by atoms with Crippen LogP contribution in [0.25, 0.3) is 11.0 Å². The van der Waals surface area contributed by atoms with Crippen molar-refractivity contribution in [2.45, 2.75) is 39.2 Å². The predicted molar refractivity (Wildman–Crippen MR) is 94.1 cm³/mol. The third-order valence-corrected chi connectivity index (χ3v) is 4.88. The molecule has 0 bridgehead atoms. The van der Waals surface area contributed by atoms with Crippen LogP contribution in [0.2, 0.25) is 0 Å². The zero-order valence-corrected chi connectivity index (χ0v) is 14.6. The number of benzene rings is 1. The molecule has 2 unspecified atom stereocenters. The molecule has 2 atom stereocenters.